The number of hydrogen-bond donors (Lipinski definition) is 0. The summed E-state index contributed by atoms with van der Waals surface area (Å²) in [6.45, 7) is 0. The number of fused-ring (bicyclic) bond motifs is 12. The summed E-state index contributed by atoms with van der Waals surface area (Å²) in [7, 11) is 0. The molecule has 0 aliphatic heterocycles. The lowest BCUT2D eigenvalue weighted by atomic mass is 9.94. The highest BCUT2D eigenvalue weighted by atomic mass is 32.1. The third-order valence-electron chi connectivity index (χ3n) is 21.4. The van der Waals surface area contributed by atoms with Crippen LogP contribution in [0.1, 0.15) is 0 Å². The van der Waals surface area contributed by atoms with Crippen molar-refractivity contribution in [2.45, 2.75) is 0 Å². The number of aromatic nitrogens is 10. The normalized spacial score (nSPS) is 11.5. The van der Waals surface area contributed by atoms with Crippen LogP contribution < -0.4 is 0 Å². The van der Waals surface area contributed by atoms with Gasteiger partial charge in [-0.05, 0) is 157 Å². The zero-order valence-electron chi connectivity index (χ0n) is 61.1. The molecule has 0 fully saturated rings. The standard InChI is InChI=1S/C53H33N5S.C49H29N5S/c1-5-14-34(15-6-1)41-29-42(35-16-7-2-8-17-35)31-43(30-41)48-33-47(55-53(56-48)37-20-11-4-12-21-37)40-23-13-22-38(28-40)39-24-25-44-49(32-39)54-51(36-18-9-3-10-19-36)45-26-27-46-52(50(44)45)58-59-57-46;1-2-11-32(12-3-1)47-41-23-24-42-48(54-55-53-42)46(41)40-22-21-36(28-45(40)50-47)35-15-8-16-37(26-35)43-29-44(38-19-17-30-9-4-6-13-33(30)25-38)52-49(51-43)39-20-18-31-10-5-7-14-34(31)27-39/h1-33H;1-29H. The highest BCUT2D eigenvalue weighted by molar-refractivity contribution is 7.00. The average molecular weight is 1490 g/mol. The molecule has 12 heteroatoms. The fourth-order valence-corrected chi connectivity index (χ4v) is 16.8. The first-order chi connectivity index (χ1) is 56.4. The van der Waals surface area contributed by atoms with Gasteiger partial charge in [-0.1, -0.05) is 285 Å². The number of hydrogen-bond acceptors (Lipinski definition) is 12. The van der Waals surface area contributed by atoms with Crippen LogP contribution in [0, 0.1) is 0 Å². The van der Waals surface area contributed by atoms with Crippen LogP contribution in [0.2, 0.25) is 0 Å². The van der Waals surface area contributed by atoms with E-state index in [9.17, 15) is 0 Å². The molecule has 10 nitrogen and oxygen atoms in total. The summed E-state index contributed by atoms with van der Waals surface area (Å²) in [5.74, 6) is 1.36. The van der Waals surface area contributed by atoms with Gasteiger partial charge in [0.15, 0.2) is 11.6 Å². The van der Waals surface area contributed by atoms with Crippen molar-refractivity contribution in [1.82, 2.24) is 47.4 Å². The van der Waals surface area contributed by atoms with Crippen molar-refractivity contribution in [3.63, 3.8) is 0 Å². The molecule has 0 saturated heterocycles. The van der Waals surface area contributed by atoms with E-state index in [0.29, 0.717) is 11.6 Å². The molecule has 0 aliphatic rings. The molecule has 0 atom stereocenters. The maximum Gasteiger partial charge on any atom is 0.160 e. The topological polar surface area (TPSA) is 129 Å². The zero-order chi connectivity index (χ0) is 75.4. The van der Waals surface area contributed by atoms with Gasteiger partial charge in [0.05, 0.1) is 68.7 Å². The smallest absolute Gasteiger partial charge is 0.160 e. The van der Waals surface area contributed by atoms with Gasteiger partial charge in [0.1, 0.15) is 22.1 Å². The Bertz CT molecular complexity index is 7330. The van der Waals surface area contributed by atoms with Gasteiger partial charge in [-0.3, -0.25) is 0 Å². The second kappa shape index (κ2) is 28.9. The van der Waals surface area contributed by atoms with Gasteiger partial charge in [0.25, 0.3) is 0 Å². The van der Waals surface area contributed by atoms with E-state index >= 15 is 0 Å². The molecule has 6 heterocycles. The largest absolute Gasteiger partial charge is 0.247 e. The zero-order valence-corrected chi connectivity index (χ0v) is 62.7. The Kier molecular flexibility index (Phi) is 17.1. The van der Waals surface area contributed by atoms with E-state index in [-0.39, 0.29) is 0 Å². The number of pyridine rings is 2. The van der Waals surface area contributed by atoms with Gasteiger partial charge in [-0.25, -0.2) is 29.9 Å². The minimum absolute atomic E-state index is 0.674. The molecule has 0 N–H and O–H groups in total. The second-order valence-corrected chi connectivity index (χ2v) is 29.5. The van der Waals surface area contributed by atoms with Crippen LogP contribution in [0.4, 0.5) is 0 Å². The highest BCUT2D eigenvalue weighted by Gasteiger charge is 2.22. The highest BCUT2D eigenvalue weighted by Crippen LogP contribution is 2.43. The van der Waals surface area contributed by atoms with Gasteiger partial charge in [0.2, 0.25) is 0 Å². The molecule has 0 bridgehead atoms. The third kappa shape index (κ3) is 12.8. The van der Waals surface area contributed by atoms with Crippen LogP contribution >= 0.6 is 23.5 Å². The van der Waals surface area contributed by atoms with E-state index in [0.717, 1.165) is 194 Å². The van der Waals surface area contributed by atoms with E-state index < -0.39 is 0 Å². The Morgan fingerprint density at radius 3 is 0.956 bits per heavy atom. The number of rotatable bonds is 12. The Morgan fingerprint density at radius 2 is 0.491 bits per heavy atom. The van der Waals surface area contributed by atoms with Crippen molar-refractivity contribution >= 4 is 110 Å². The minimum Gasteiger partial charge on any atom is -0.247 e. The second-order valence-electron chi connectivity index (χ2n) is 28.5. The molecule has 0 radical (unpaired) electrons. The fourth-order valence-electron chi connectivity index (χ4n) is 15.8. The first-order valence-corrected chi connectivity index (χ1v) is 39.3. The lowest BCUT2D eigenvalue weighted by Gasteiger charge is -2.14. The molecular weight excluding hydrogens is 1430 g/mol. The molecule has 16 aromatic carbocycles. The van der Waals surface area contributed by atoms with Gasteiger partial charge < -0.3 is 0 Å². The van der Waals surface area contributed by atoms with Crippen molar-refractivity contribution in [2.24, 2.45) is 0 Å². The molecule has 532 valence electrons. The molecular formula is C102H62N10S2. The van der Waals surface area contributed by atoms with Crippen molar-refractivity contribution in [3.05, 3.63) is 376 Å². The first-order valence-electron chi connectivity index (χ1n) is 37.8. The van der Waals surface area contributed by atoms with E-state index in [1.54, 1.807) is 0 Å². The SMILES string of the molecule is c1ccc(-c2cc(-c3ccccc3)cc(-c3cc(-c4cccc(-c5ccc6c(c5)nc(-c5ccccc5)c5ccc7nsnc7c56)c4)nc(-c4ccccc4)n3)c2)cc1.c1ccc(-c2nc3cc(-c4cccc(-c5cc(-c6ccc7ccccc7c6)nc(-c6ccc7ccccc7c6)n5)c4)ccc3c3c2ccc2nsnc23)cc1. The van der Waals surface area contributed by atoms with E-state index in [1.807, 2.05) is 42.5 Å². The van der Waals surface area contributed by atoms with Gasteiger partial charge in [-0.2, -0.15) is 17.5 Å². The molecule has 0 saturated carbocycles. The van der Waals surface area contributed by atoms with E-state index in [1.165, 1.54) is 39.6 Å². The molecule has 0 unspecified atom stereocenters. The van der Waals surface area contributed by atoms with Crippen molar-refractivity contribution in [2.75, 3.05) is 0 Å². The van der Waals surface area contributed by atoms with Gasteiger partial charge in [-0.15, -0.1) is 0 Å². The molecule has 0 aliphatic carbocycles. The Labute approximate surface area is 664 Å². The predicted octanol–water partition coefficient (Wildman–Crippen LogP) is 26.7. The van der Waals surface area contributed by atoms with Crippen LogP contribution in [-0.4, -0.2) is 47.4 Å². The van der Waals surface area contributed by atoms with Crippen LogP contribution in [-0.2, 0) is 0 Å². The number of benzene rings is 16. The van der Waals surface area contributed by atoms with Crippen molar-refractivity contribution in [1.29, 1.82) is 0 Å². The summed E-state index contributed by atoms with van der Waals surface area (Å²) >= 11 is 2.49. The Hall–Kier alpha value is -14.8. The molecule has 0 spiro atoms. The summed E-state index contributed by atoms with van der Waals surface area (Å²) in [4.78, 5) is 31.5. The van der Waals surface area contributed by atoms with E-state index in [2.05, 4.69) is 342 Å². The summed E-state index contributed by atoms with van der Waals surface area (Å²) in [5, 5.41) is 11.1. The Morgan fingerprint density at radius 1 is 0.167 bits per heavy atom. The molecule has 22 rings (SSSR count). The summed E-state index contributed by atoms with van der Waals surface area (Å²) in [6, 6.07) is 132. The van der Waals surface area contributed by atoms with Crippen molar-refractivity contribution in [3.8, 4) is 135 Å². The lowest BCUT2D eigenvalue weighted by Crippen LogP contribution is -1.97. The van der Waals surface area contributed by atoms with Gasteiger partial charge >= 0.3 is 0 Å². The van der Waals surface area contributed by atoms with Crippen LogP contribution in [0.3, 0.4) is 0 Å². The van der Waals surface area contributed by atoms with Crippen molar-refractivity contribution < 1.29 is 0 Å². The quantitative estimate of drug-likeness (QED) is 0.109. The summed E-state index contributed by atoms with van der Waals surface area (Å²) < 4.78 is 18.6. The lowest BCUT2D eigenvalue weighted by molar-refractivity contribution is 1.18. The first kappa shape index (κ1) is 67.3. The monoisotopic (exact) mass is 1490 g/mol. The van der Waals surface area contributed by atoms with Crippen LogP contribution in [0.25, 0.3) is 222 Å². The molecule has 0 amide bonds. The van der Waals surface area contributed by atoms with Crippen LogP contribution in [0.15, 0.2) is 376 Å². The maximum atomic E-state index is 5.31. The number of nitrogens with zero attached hydrogens (tertiary/aromatic N) is 10. The third-order valence-corrected chi connectivity index (χ3v) is 22.5. The molecule has 22 aromatic rings. The fraction of sp³-hybridized carbons (Fsp3) is 0. The predicted molar refractivity (Wildman–Crippen MR) is 472 cm³/mol. The average Bonchev–Trinajstić information content (AvgIpc) is 1.18. The summed E-state index contributed by atoms with van der Waals surface area (Å²) in [5.41, 5.74) is 27.7. The maximum absolute atomic E-state index is 5.31. The molecule has 6 aromatic heterocycles. The van der Waals surface area contributed by atoms with Gasteiger partial charge in [0, 0.05) is 76.8 Å². The summed E-state index contributed by atoms with van der Waals surface area (Å²) in [6.07, 6.45) is 0. The minimum atomic E-state index is 0.674. The molecule has 114 heavy (non-hydrogen) atoms. The Balaban J connectivity index is 0.000000144. The van der Waals surface area contributed by atoms with E-state index in [4.69, 9.17) is 38.7 Å². The van der Waals surface area contributed by atoms with Crippen LogP contribution in [0.5, 0.6) is 0 Å².